The van der Waals surface area contributed by atoms with E-state index in [1.54, 1.807) is 11.7 Å². The van der Waals surface area contributed by atoms with E-state index >= 15 is 0 Å². The van der Waals surface area contributed by atoms with Crippen LogP contribution in [0.4, 0.5) is 8.78 Å². The van der Waals surface area contributed by atoms with Gasteiger partial charge in [-0.05, 0) is 28.4 Å². The molecular weight excluding hydrogens is 330 g/mol. The molecule has 2 rings (SSSR count). The predicted molar refractivity (Wildman–Crippen MR) is 75.3 cm³/mol. The fourth-order valence-electron chi connectivity index (χ4n) is 2.11. The summed E-state index contributed by atoms with van der Waals surface area (Å²) in [4.78, 5) is 0. The van der Waals surface area contributed by atoms with Gasteiger partial charge in [0, 0.05) is 25.1 Å². The van der Waals surface area contributed by atoms with Crippen LogP contribution in [-0.4, -0.2) is 14.9 Å². The minimum Gasteiger partial charge on any atom is -0.388 e. The Balaban J connectivity index is 2.27. The first kappa shape index (κ1) is 15.1. The van der Waals surface area contributed by atoms with Crippen molar-refractivity contribution in [1.82, 2.24) is 9.78 Å². The van der Waals surface area contributed by atoms with E-state index < -0.39 is 17.7 Å². The van der Waals surface area contributed by atoms with Crippen molar-refractivity contribution in [2.45, 2.75) is 25.9 Å². The van der Waals surface area contributed by atoms with Gasteiger partial charge in [-0.25, -0.2) is 8.78 Å². The monoisotopic (exact) mass is 344 g/mol. The lowest BCUT2D eigenvalue weighted by atomic mass is 10.0. The molecule has 0 radical (unpaired) electrons. The normalized spacial score (nSPS) is 12.7. The van der Waals surface area contributed by atoms with Gasteiger partial charge in [-0.1, -0.05) is 13.0 Å². The van der Waals surface area contributed by atoms with Gasteiger partial charge in [-0.15, -0.1) is 0 Å². The molecule has 0 saturated carbocycles. The summed E-state index contributed by atoms with van der Waals surface area (Å²) in [5.41, 5.74) is 1.74. The van der Waals surface area contributed by atoms with E-state index in [2.05, 4.69) is 21.0 Å². The molecule has 108 valence electrons. The van der Waals surface area contributed by atoms with Crippen molar-refractivity contribution >= 4 is 15.9 Å². The third kappa shape index (κ3) is 2.91. The van der Waals surface area contributed by atoms with Crippen molar-refractivity contribution in [2.24, 2.45) is 7.05 Å². The lowest BCUT2D eigenvalue weighted by Crippen LogP contribution is -2.08. The highest BCUT2D eigenvalue weighted by Gasteiger charge is 2.19. The van der Waals surface area contributed by atoms with Crippen molar-refractivity contribution in [1.29, 1.82) is 0 Å². The number of aryl methyl sites for hydroxylation is 2. The molecule has 0 aliphatic heterocycles. The molecule has 1 N–H and O–H groups in total. The Hall–Kier alpha value is -1.27. The zero-order chi connectivity index (χ0) is 14.9. The number of benzene rings is 1. The Kier molecular flexibility index (Phi) is 4.55. The lowest BCUT2D eigenvalue weighted by Gasteiger charge is -2.12. The fourth-order valence-corrected chi connectivity index (χ4v) is 2.88. The molecule has 0 aliphatic carbocycles. The van der Waals surface area contributed by atoms with Gasteiger partial charge < -0.3 is 5.11 Å². The van der Waals surface area contributed by atoms with E-state index in [-0.39, 0.29) is 12.0 Å². The molecule has 6 heteroatoms. The highest BCUT2D eigenvalue weighted by molar-refractivity contribution is 9.10. The van der Waals surface area contributed by atoms with E-state index in [0.29, 0.717) is 0 Å². The predicted octanol–water partition coefficient (Wildman–Crippen LogP) is 3.30. The minimum atomic E-state index is -1.05. The number of rotatable bonds is 4. The molecule has 0 spiro atoms. The first-order chi connectivity index (χ1) is 9.43. The van der Waals surface area contributed by atoms with Crippen LogP contribution in [0.2, 0.25) is 0 Å². The fraction of sp³-hybridized carbons (Fsp3) is 0.357. The molecule has 1 aromatic carbocycles. The number of aliphatic hydroxyl groups is 1. The maximum absolute atomic E-state index is 13.6. The van der Waals surface area contributed by atoms with Gasteiger partial charge in [0.05, 0.1) is 22.0 Å². The second-order valence-electron chi connectivity index (χ2n) is 4.57. The molecule has 1 heterocycles. The number of aromatic nitrogens is 2. The average molecular weight is 345 g/mol. The molecule has 0 saturated heterocycles. The van der Waals surface area contributed by atoms with Gasteiger partial charge in [0.15, 0.2) is 0 Å². The summed E-state index contributed by atoms with van der Waals surface area (Å²) in [6.45, 7) is 1.98. The zero-order valence-corrected chi connectivity index (χ0v) is 12.8. The number of hydrogen-bond donors (Lipinski definition) is 1. The summed E-state index contributed by atoms with van der Waals surface area (Å²) in [6.07, 6.45) is -0.0887. The van der Waals surface area contributed by atoms with Crippen molar-refractivity contribution in [3.05, 3.63) is 51.3 Å². The number of nitrogens with zero attached hydrogens (tertiary/aromatic N) is 2. The maximum atomic E-state index is 13.6. The smallest absolute Gasteiger partial charge is 0.131 e. The number of hydrogen-bond acceptors (Lipinski definition) is 2. The van der Waals surface area contributed by atoms with Crippen LogP contribution in [0, 0.1) is 11.6 Å². The highest BCUT2D eigenvalue weighted by Crippen LogP contribution is 2.27. The third-order valence-electron chi connectivity index (χ3n) is 3.21. The topological polar surface area (TPSA) is 38.0 Å². The van der Waals surface area contributed by atoms with Crippen molar-refractivity contribution in [3.8, 4) is 0 Å². The number of aliphatic hydroxyl groups excluding tert-OH is 1. The Morgan fingerprint density at radius 3 is 2.65 bits per heavy atom. The molecule has 1 unspecified atom stereocenters. The minimum absolute atomic E-state index is 0.0811. The standard InChI is InChI=1S/C14H15BrF2N2O/c1-3-11-14(15)12(19(2)18-11)7-13(20)9-5-4-8(16)6-10(9)17/h4-6,13,20H,3,7H2,1-2H3. The second kappa shape index (κ2) is 6.01. The molecule has 0 amide bonds. The zero-order valence-electron chi connectivity index (χ0n) is 11.2. The largest absolute Gasteiger partial charge is 0.388 e. The second-order valence-corrected chi connectivity index (χ2v) is 5.36. The van der Waals surface area contributed by atoms with Gasteiger partial charge in [0.1, 0.15) is 11.6 Å². The van der Waals surface area contributed by atoms with Gasteiger partial charge >= 0.3 is 0 Å². The Labute approximate surface area is 124 Å². The van der Waals surface area contributed by atoms with Crippen LogP contribution < -0.4 is 0 Å². The summed E-state index contributed by atoms with van der Waals surface area (Å²) >= 11 is 3.45. The summed E-state index contributed by atoms with van der Waals surface area (Å²) < 4.78 is 29.0. The highest BCUT2D eigenvalue weighted by atomic mass is 79.9. The summed E-state index contributed by atoms with van der Waals surface area (Å²) in [5.74, 6) is -1.40. The van der Waals surface area contributed by atoms with Crippen LogP contribution in [0.5, 0.6) is 0 Å². The first-order valence-corrected chi connectivity index (χ1v) is 7.06. The lowest BCUT2D eigenvalue weighted by molar-refractivity contribution is 0.170. The molecule has 20 heavy (non-hydrogen) atoms. The Bertz CT molecular complexity index is 628. The molecule has 0 bridgehead atoms. The Morgan fingerprint density at radius 2 is 2.10 bits per heavy atom. The maximum Gasteiger partial charge on any atom is 0.131 e. The molecule has 0 fully saturated rings. The Morgan fingerprint density at radius 1 is 1.40 bits per heavy atom. The van der Waals surface area contributed by atoms with Crippen molar-refractivity contribution in [2.75, 3.05) is 0 Å². The van der Waals surface area contributed by atoms with E-state index in [1.807, 2.05) is 6.92 Å². The molecule has 1 atom stereocenters. The molecule has 1 aromatic heterocycles. The molecular formula is C14H15BrF2N2O. The van der Waals surface area contributed by atoms with Crippen LogP contribution in [0.1, 0.15) is 30.0 Å². The molecule has 3 nitrogen and oxygen atoms in total. The summed E-state index contributed by atoms with van der Waals surface area (Å²) in [6, 6.07) is 3.17. The van der Waals surface area contributed by atoms with Crippen molar-refractivity contribution in [3.63, 3.8) is 0 Å². The SMILES string of the molecule is CCc1nn(C)c(CC(O)c2ccc(F)cc2F)c1Br. The van der Waals surface area contributed by atoms with Gasteiger partial charge in [0.25, 0.3) is 0 Å². The molecule has 2 aromatic rings. The van der Waals surface area contributed by atoms with Crippen molar-refractivity contribution < 1.29 is 13.9 Å². The van der Waals surface area contributed by atoms with Crippen LogP contribution in [0.25, 0.3) is 0 Å². The van der Waals surface area contributed by atoms with Crippen LogP contribution in [0.15, 0.2) is 22.7 Å². The van der Waals surface area contributed by atoms with Crippen LogP contribution >= 0.6 is 15.9 Å². The van der Waals surface area contributed by atoms with E-state index in [9.17, 15) is 13.9 Å². The quantitative estimate of drug-likeness (QED) is 0.923. The van der Waals surface area contributed by atoms with E-state index in [0.717, 1.165) is 34.4 Å². The summed E-state index contributed by atoms with van der Waals surface area (Å²) in [7, 11) is 1.77. The third-order valence-corrected chi connectivity index (χ3v) is 4.13. The average Bonchev–Trinajstić information content (AvgIpc) is 2.66. The van der Waals surface area contributed by atoms with Crippen LogP contribution in [0.3, 0.4) is 0 Å². The van der Waals surface area contributed by atoms with Gasteiger partial charge in [-0.2, -0.15) is 5.10 Å². The van der Waals surface area contributed by atoms with Gasteiger partial charge in [0.2, 0.25) is 0 Å². The summed E-state index contributed by atoms with van der Waals surface area (Å²) in [5, 5.41) is 14.5. The number of halogens is 3. The van der Waals surface area contributed by atoms with E-state index in [4.69, 9.17) is 0 Å². The molecule has 0 aliphatic rings. The van der Waals surface area contributed by atoms with Gasteiger partial charge in [-0.3, -0.25) is 4.68 Å². The first-order valence-electron chi connectivity index (χ1n) is 6.27. The van der Waals surface area contributed by atoms with E-state index in [1.165, 1.54) is 6.07 Å². The van der Waals surface area contributed by atoms with Crippen LogP contribution in [-0.2, 0) is 19.9 Å².